The lowest BCUT2D eigenvalue weighted by Gasteiger charge is -2.35. The molecule has 5 rings (SSSR count). The van der Waals surface area contributed by atoms with Gasteiger partial charge in [-0.25, -0.2) is 4.39 Å². The maximum Gasteiger partial charge on any atom is 0.246 e. The molecular weight excluding hydrogens is 471 g/mol. The van der Waals surface area contributed by atoms with Crippen LogP contribution in [0.1, 0.15) is 57.7 Å². The van der Waals surface area contributed by atoms with Crippen LogP contribution in [0.3, 0.4) is 0 Å². The van der Waals surface area contributed by atoms with Crippen molar-refractivity contribution in [2.45, 2.75) is 58.0 Å². The molecule has 196 valence electrons. The SMILES string of the molecule is CC[C@@H](C)C(=O)N[C@H](C(=O)N1CCC[C@H]1c1cc2ccnc(-c3ccc(F)cc3)c2[nH]1)C1CCOCC1. The Morgan fingerprint density at radius 2 is 1.95 bits per heavy atom. The number of halogens is 1. The summed E-state index contributed by atoms with van der Waals surface area (Å²) in [6.07, 6.45) is 5.74. The van der Waals surface area contributed by atoms with Crippen molar-refractivity contribution in [1.82, 2.24) is 20.2 Å². The van der Waals surface area contributed by atoms with Gasteiger partial charge in [0.2, 0.25) is 11.8 Å². The van der Waals surface area contributed by atoms with E-state index in [9.17, 15) is 14.0 Å². The van der Waals surface area contributed by atoms with Gasteiger partial charge in [-0.05, 0) is 74.4 Å². The van der Waals surface area contributed by atoms with Crippen LogP contribution in [0.5, 0.6) is 0 Å². The summed E-state index contributed by atoms with van der Waals surface area (Å²) in [6.45, 7) is 5.76. The van der Waals surface area contributed by atoms with Gasteiger partial charge in [0.05, 0.1) is 17.3 Å². The van der Waals surface area contributed by atoms with Gasteiger partial charge in [-0.1, -0.05) is 13.8 Å². The number of amides is 2. The van der Waals surface area contributed by atoms with Crippen LogP contribution in [-0.2, 0) is 14.3 Å². The first-order chi connectivity index (χ1) is 18.0. The number of hydrogen-bond donors (Lipinski definition) is 2. The number of nitrogens with zero attached hydrogens (tertiary/aromatic N) is 2. The molecule has 0 saturated carbocycles. The summed E-state index contributed by atoms with van der Waals surface area (Å²) in [5.74, 6) is -0.448. The second-order valence-electron chi connectivity index (χ2n) is 10.3. The Hall–Kier alpha value is -3.26. The van der Waals surface area contributed by atoms with Gasteiger partial charge in [0, 0.05) is 48.5 Å². The zero-order valence-corrected chi connectivity index (χ0v) is 21.5. The molecule has 3 atom stereocenters. The number of likely N-dealkylation sites (tertiary alicyclic amines) is 1. The van der Waals surface area contributed by atoms with Crippen molar-refractivity contribution >= 4 is 22.7 Å². The van der Waals surface area contributed by atoms with Crippen LogP contribution in [0.4, 0.5) is 4.39 Å². The molecule has 0 aliphatic carbocycles. The number of pyridine rings is 1. The Kier molecular flexibility index (Phi) is 7.55. The van der Waals surface area contributed by atoms with Gasteiger partial charge >= 0.3 is 0 Å². The Balaban J connectivity index is 1.44. The molecule has 8 heteroatoms. The fourth-order valence-electron chi connectivity index (χ4n) is 5.53. The molecule has 0 radical (unpaired) electrons. The number of rotatable bonds is 7. The molecular formula is C29H35FN4O3. The van der Waals surface area contributed by atoms with Crippen LogP contribution in [0.25, 0.3) is 22.2 Å². The summed E-state index contributed by atoms with van der Waals surface area (Å²) in [4.78, 5) is 36.9. The number of aromatic amines is 1. The number of aromatic nitrogens is 2. The maximum atomic E-state index is 14.0. The number of hydrogen-bond acceptors (Lipinski definition) is 4. The third-order valence-electron chi connectivity index (χ3n) is 7.94. The first-order valence-electron chi connectivity index (χ1n) is 13.4. The van der Waals surface area contributed by atoms with E-state index in [1.807, 2.05) is 24.8 Å². The molecule has 1 aromatic carbocycles. The molecule has 0 spiro atoms. The first kappa shape index (κ1) is 25.4. The van der Waals surface area contributed by atoms with Crippen LogP contribution in [0, 0.1) is 17.7 Å². The molecule has 0 bridgehead atoms. The normalized spacial score (nSPS) is 20.2. The average Bonchev–Trinajstić information content (AvgIpc) is 3.59. The largest absolute Gasteiger partial charge is 0.381 e. The Labute approximate surface area is 216 Å². The molecule has 2 N–H and O–H groups in total. The molecule has 2 aliphatic heterocycles. The number of carbonyl (C=O) groups is 2. The van der Waals surface area contributed by atoms with Crippen LogP contribution >= 0.6 is 0 Å². The van der Waals surface area contributed by atoms with Crippen LogP contribution in [0.2, 0.25) is 0 Å². The van der Waals surface area contributed by atoms with E-state index in [0.717, 1.165) is 60.0 Å². The first-order valence-corrected chi connectivity index (χ1v) is 13.4. The van der Waals surface area contributed by atoms with Gasteiger partial charge in [-0.3, -0.25) is 14.6 Å². The zero-order chi connectivity index (χ0) is 25.9. The van der Waals surface area contributed by atoms with E-state index in [2.05, 4.69) is 21.4 Å². The number of nitrogens with one attached hydrogen (secondary N) is 2. The summed E-state index contributed by atoms with van der Waals surface area (Å²) in [5, 5.41) is 4.11. The van der Waals surface area contributed by atoms with Crippen molar-refractivity contribution in [3.63, 3.8) is 0 Å². The third-order valence-corrected chi connectivity index (χ3v) is 7.94. The van der Waals surface area contributed by atoms with E-state index in [0.29, 0.717) is 19.8 Å². The molecule has 2 fully saturated rings. The summed E-state index contributed by atoms with van der Waals surface area (Å²) < 4.78 is 19.0. The van der Waals surface area contributed by atoms with Crippen molar-refractivity contribution in [3.8, 4) is 11.3 Å². The summed E-state index contributed by atoms with van der Waals surface area (Å²) in [6, 6.07) is 9.68. The second-order valence-corrected chi connectivity index (χ2v) is 10.3. The molecule has 2 aromatic heterocycles. The molecule has 37 heavy (non-hydrogen) atoms. The minimum absolute atomic E-state index is 0.0124. The van der Waals surface area contributed by atoms with Gasteiger partial charge in [0.1, 0.15) is 11.9 Å². The molecule has 3 aromatic rings. The Bertz CT molecular complexity index is 1250. The average molecular weight is 507 g/mol. The summed E-state index contributed by atoms with van der Waals surface area (Å²) in [7, 11) is 0. The predicted molar refractivity (Wildman–Crippen MR) is 140 cm³/mol. The fourth-order valence-corrected chi connectivity index (χ4v) is 5.53. The second kappa shape index (κ2) is 11.0. The minimum Gasteiger partial charge on any atom is -0.381 e. The van der Waals surface area contributed by atoms with Crippen LogP contribution in [0.15, 0.2) is 42.6 Å². The van der Waals surface area contributed by atoms with Gasteiger partial charge in [-0.15, -0.1) is 0 Å². The highest BCUT2D eigenvalue weighted by Crippen LogP contribution is 2.36. The number of benzene rings is 1. The molecule has 7 nitrogen and oxygen atoms in total. The van der Waals surface area contributed by atoms with Gasteiger partial charge < -0.3 is 19.9 Å². The number of carbonyl (C=O) groups excluding carboxylic acids is 2. The van der Waals surface area contributed by atoms with Gasteiger partial charge in [0.25, 0.3) is 0 Å². The number of H-pyrrole nitrogens is 1. The van der Waals surface area contributed by atoms with Crippen molar-refractivity contribution in [2.75, 3.05) is 19.8 Å². The van der Waals surface area contributed by atoms with E-state index < -0.39 is 6.04 Å². The van der Waals surface area contributed by atoms with Gasteiger partial charge in [-0.2, -0.15) is 0 Å². The van der Waals surface area contributed by atoms with E-state index >= 15 is 0 Å². The zero-order valence-electron chi connectivity index (χ0n) is 21.5. The highest BCUT2D eigenvalue weighted by molar-refractivity contribution is 5.93. The fraction of sp³-hybridized carbons (Fsp3) is 0.483. The van der Waals surface area contributed by atoms with Crippen molar-refractivity contribution < 1.29 is 18.7 Å². The van der Waals surface area contributed by atoms with E-state index in [4.69, 9.17) is 4.74 Å². The van der Waals surface area contributed by atoms with Crippen molar-refractivity contribution in [3.05, 3.63) is 54.1 Å². The summed E-state index contributed by atoms with van der Waals surface area (Å²) >= 11 is 0. The Morgan fingerprint density at radius 3 is 2.68 bits per heavy atom. The lowest BCUT2D eigenvalue weighted by Crippen LogP contribution is -2.54. The highest BCUT2D eigenvalue weighted by atomic mass is 19.1. The standard InChI is InChI=1S/C29H35FN4O3/c1-3-18(2)28(35)33-27(20-11-15-37-16-12-20)29(36)34-14-4-5-24(34)23-17-21-10-13-31-25(26(21)32-23)19-6-8-22(30)9-7-19/h6-10,13,17-18,20,24,27,32H,3-5,11-12,14-16H2,1-2H3,(H,33,35)/t18-,24+,27+/m1/s1. The number of ether oxygens (including phenoxy) is 1. The van der Waals surface area contributed by atoms with Gasteiger partial charge in [0.15, 0.2) is 0 Å². The molecule has 2 aliphatic rings. The number of fused-ring (bicyclic) bond motifs is 1. The van der Waals surface area contributed by atoms with Crippen molar-refractivity contribution in [1.29, 1.82) is 0 Å². The smallest absolute Gasteiger partial charge is 0.246 e. The highest BCUT2D eigenvalue weighted by Gasteiger charge is 2.39. The lowest BCUT2D eigenvalue weighted by atomic mass is 9.90. The van der Waals surface area contributed by atoms with Crippen LogP contribution in [-0.4, -0.2) is 52.5 Å². The van der Waals surface area contributed by atoms with Crippen LogP contribution < -0.4 is 5.32 Å². The monoisotopic (exact) mass is 506 g/mol. The molecule has 0 unspecified atom stereocenters. The minimum atomic E-state index is -0.549. The van der Waals surface area contributed by atoms with E-state index in [1.165, 1.54) is 12.1 Å². The lowest BCUT2D eigenvalue weighted by molar-refractivity contribution is -0.140. The van der Waals surface area contributed by atoms with Crippen molar-refractivity contribution in [2.24, 2.45) is 11.8 Å². The molecule has 4 heterocycles. The molecule has 2 saturated heterocycles. The predicted octanol–water partition coefficient (Wildman–Crippen LogP) is 4.99. The maximum absolute atomic E-state index is 14.0. The summed E-state index contributed by atoms with van der Waals surface area (Å²) in [5.41, 5.74) is 3.40. The quantitative estimate of drug-likeness (QED) is 0.473. The molecule has 2 amide bonds. The Morgan fingerprint density at radius 1 is 1.19 bits per heavy atom. The third kappa shape index (κ3) is 5.25. The topological polar surface area (TPSA) is 87.3 Å². The van der Waals surface area contributed by atoms with E-state index in [-0.39, 0.29) is 35.5 Å². The van der Waals surface area contributed by atoms with E-state index in [1.54, 1.807) is 18.3 Å².